The summed E-state index contributed by atoms with van der Waals surface area (Å²) in [5.74, 6) is 6.29. The number of carbonyl (C=O) groups is 1. The first-order valence-electron chi connectivity index (χ1n) is 7.45. The second-order valence-corrected chi connectivity index (χ2v) is 5.51. The summed E-state index contributed by atoms with van der Waals surface area (Å²) in [7, 11) is 2.14. The lowest BCUT2D eigenvalue weighted by molar-refractivity contribution is 0.0939. The number of amides is 1. The molecule has 0 saturated carbocycles. The van der Waals surface area contributed by atoms with Crippen LogP contribution in [0.5, 0.6) is 0 Å². The molecule has 1 aliphatic rings. The Morgan fingerprint density at radius 2 is 2.10 bits per heavy atom. The maximum absolute atomic E-state index is 12.3. The first kappa shape index (κ1) is 15.6. The lowest BCUT2D eigenvalue weighted by Gasteiger charge is -2.28. The van der Waals surface area contributed by atoms with Gasteiger partial charge in [-0.1, -0.05) is 24.0 Å². The van der Waals surface area contributed by atoms with Gasteiger partial charge in [0.1, 0.15) is 0 Å². The van der Waals surface area contributed by atoms with Gasteiger partial charge in [-0.15, -0.1) is 0 Å². The molecule has 1 aliphatic heterocycles. The molecule has 21 heavy (non-hydrogen) atoms. The van der Waals surface area contributed by atoms with Gasteiger partial charge in [-0.2, -0.15) is 0 Å². The molecule has 3 N–H and O–H groups in total. The Hall–Kier alpha value is -1.83. The summed E-state index contributed by atoms with van der Waals surface area (Å²) in [4.78, 5) is 14.6. The first-order chi connectivity index (χ1) is 10.2. The van der Waals surface area contributed by atoms with E-state index in [0.717, 1.165) is 38.0 Å². The van der Waals surface area contributed by atoms with Crippen LogP contribution in [0.3, 0.4) is 0 Å². The Morgan fingerprint density at radius 1 is 1.38 bits per heavy atom. The number of nitrogens with two attached hydrogens (primary N) is 1. The Kier molecular flexibility index (Phi) is 5.79. The number of carbonyl (C=O) groups excluding carboxylic acids is 1. The third-order valence-electron chi connectivity index (χ3n) is 3.89. The van der Waals surface area contributed by atoms with E-state index in [4.69, 9.17) is 5.73 Å². The highest BCUT2D eigenvalue weighted by Crippen LogP contribution is 2.15. The van der Waals surface area contributed by atoms with Crippen LogP contribution in [0.2, 0.25) is 0 Å². The quantitative estimate of drug-likeness (QED) is 0.817. The van der Waals surface area contributed by atoms with Crippen LogP contribution in [0, 0.1) is 17.8 Å². The van der Waals surface area contributed by atoms with Crippen molar-refractivity contribution in [3.8, 4) is 11.8 Å². The standard InChI is InChI=1S/C17H23N3O/c1-20-11-8-14(9-12-20)13-19-17(21)16-7-3-2-5-15(16)6-4-10-18/h2-3,5,7,14H,8-13,18H2,1H3,(H,19,21). The normalized spacial score (nSPS) is 16.1. The predicted molar refractivity (Wildman–Crippen MR) is 84.9 cm³/mol. The molecule has 1 fully saturated rings. The molecule has 0 aromatic heterocycles. The van der Waals surface area contributed by atoms with Crippen molar-refractivity contribution < 1.29 is 4.79 Å². The van der Waals surface area contributed by atoms with E-state index in [-0.39, 0.29) is 5.91 Å². The van der Waals surface area contributed by atoms with Gasteiger partial charge < -0.3 is 16.0 Å². The van der Waals surface area contributed by atoms with Gasteiger partial charge in [-0.25, -0.2) is 0 Å². The SMILES string of the molecule is CN1CCC(CNC(=O)c2ccccc2C#CCN)CC1. The predicted octanol–water partition coefficient (Wildman–Crippen LogP) is 1.07. The highest BCUT2D eigenvalue weighted by molar-refractivity contribution is 5.96. The largest absolute Gasteiger partial charge is 0.352 e. The van der Waals surface area contributed by atoms with Gasteiger partial charge in [-0.3, -0.25) is 4.79 Å². The van der Waals surface area contributed by atoms with Crippen LogP contribution in [-0.4, -0.2) is 44.0 Å². The van der Waals surface area contributed by atoms with Crippen molar-refractivity contribution in [2.75, 3.05) is 33.2 Å². The van der Waals surface area contributed by atoms with Gasteiger partial charge >= 0.3 is 0 Å². The summed E-state index contributed by atoms with van der Waals surface area (Å²) < 4.78 is 0. The first-order valence-corrected chi connectivity index (χ1v) is 7.45. The molecule has 1 saturated heterocycles. The molecule has 0 spiro atoms. The fourth-order valence-electron chi connectivity index (χ4n) is 2.53. The maximum atomic E-state index is 12.3. The number of hydrogen-bond donors (Lipinski definition) is 2. The summed E-state index contributed by atoms with van der Waals surface area (Å²) in [6, 6.07) is 7.41. The van der Waals surface area contributed by atoms with Crippen LogP contribution in [0.4, 0.5) is 0 Å². The van der Waals surface area contributed by atoms with Gasteiger partial charge in [0.25, 0.3) is 5.91 Å². The molecule has 0 atom stereocenters. The van der Waals surface area contributed by atoms with E-state index in [1.807, 2.05) is 24.3 Å². The van der Waals surface area contributed by atoms with Crippen molar-refractivity contribution in [2.45, 2.75) is 12.8 Å². The summed E-state index contributed by atoms with van der Waals surface area (Å²) >= 11 is 0. The lowest BCUT2D eigenvalue weighted by atomic mass is 9.97. The lowest BCUT2D eigenvalue weighted by Crippen LogP contribution is -2.37. The van der Waals surface area contributed by atoms with E-state index >= 15 is 0 Å². The van der Waals surface area contributed by atoms with Crippen molar-refractivity contribution >= 4 is 5.91 Å². The monoisotopic (exact) mass is 285 g/mol. The van der Waals surface area contributed by atoms with Crippen LogP contribution in [0.25, 0.3) is 0 Å². The number of hydrogen-bond acceptors (Lipinski definition) is 3. The summed E-state index contributed by atoms with van der Waals surface area (Å²) in [5, 5.41) is 3.04. The minimum atomic E-state index is -0.0455. The second-order valence-electron chi connectivity index (χ2n) is 5.51. The van der Waals surface area contributed by atoms with E-state index in [2.05, 4.69) is 29.1 Å². The third kappa shape index (κ3) is 4.59. The van der Waals surface area contributed by atoms with Gasteiger partial charge in [-0.05, 0) is 51.0 Å². The van der Waals surface area contributed by atoms with Crippen LogP contribution >= 0.6 is 0 Å². The van der Waals surface area contributed by atoms with Crippen LogP contribution in [0.15, 0.2) is 24.3 Å². The van der Waals surface area contributed by atoms with Crippen molar-refractivity contribution in [1.82, 2.24) is 10.2 Å². The van der Waals surface area contributed by atoms with Crippen LogP contribution in [-0.2, 0) is 0 Å². The molecular formula is C17H23N3O. The van der Waals surface area contributed by atoms with Crippen molar-refractivity contribution in [3.05, 3.63) is 35.4 Å². The summed E-state index contributed by atoms with van der Waals surface area (Å²) in [6.45, 7) is 3.26. The zero-order chi connectivity index (χ0) is 15.1. The molecule has 2 rings (SSSR count). The molecule has 1 aromatic carbocycles. The molecule has 1 amide bonds. The van der Waals surface area contributed by atoms with Crippen molar-refractivity contribution in [3.63, 3.8) is 0 Å². The molecule has 4 heteroatoms. The number of benzene rings is 1. The minimum absolute atomic E-state index is 0.0455. The number of likely N-dealkylation sites (tertiary alicyclic amines) is 1. The Labute approximate surface area is 126 Å². The number of rotatable bonds is 3. The topological polar surface area (TPSA) is 58.4 Å². The van der Waals surface area contributed by atoms with Crippen LogP contribution < -0.4 is 11.1 Å². The smallest absolute Gasteiger partial charge is 0.252 e. The molecule has 0 unspecified atom stereocenters. The Morgan fingerprint density at radius 3 is 2.81 bits per heavy atom. The molecule has 112 valence electrons. The molecule has 1 aromatic rings. The Bertz CT molecular complexity index is 536. The van der Waals surface area contributed by atoms with Gasteiger partial charge in [0.15, 0.2) is 0 Å². The fraction of sp³-hybridized carbons (Fsp3) is 0.471. The highest BCUT2D eigenvalue weighted by atomic mass is 16.1. The molecular weight excluding hydrogens is 262 g/mol. The van der Waals surface area contributed by atoms with E-state index < -0.39 is 0 Å². The van der Waals surface area contributed by atoms with Crippen molar-refractivity contribution in [1.29, 1.82) is 0 Å². The second kappa shape index (κ2) is 7.82. The van der Waals surface area contributed by atoms with E-state index in [0.29, 0.717) is 18.0 Å². The zero-order valence-electron chi connectivity index (χ0n) is 12.6. The average molecular weight is 285 g/mol. The van der Waals surface area contributed by atoms with Gasteiger partial charge in [0, 0.05) is 12.1 Å². The third-order valence-corrected chi connectivity index (χ3v) is 3.89. The van der Waals surface area contributed by atoms with E-state index in [9.17, 15) is 4.79 Å². The number of nitrogens with one attached hydrogen (secondary N) is 1. The minimum Gasteiger partial charge on any atom is -0.352 e. The molecule has 0 radical (unpaired) electrons. The fourth-order valence-corrected chi connectivity index (χ4v) is 2.53. The van der Waals surface area contributed by atoms with Crippen molar-refractivity contribution in [2.24, 2.45) is 11.7 Å². The van der Waals surface area contributed by atoms with Crippen LogP contribution in [0.1, 0.15) is 28.8 Å². The molecule has 0 aliphatic carbocycles. The van der Waals surface area contributed by atoms with E-state index in [1.54, 1.807) is 0 Å². The molecule has 1 heterocycles. The Balaban J connectivity index is 1.94. The highest BCUT2D eigenvalue weighted by Gasteiger charge is 2.18. The van der Waals surface area contributed by atoms with Gasteiger partial charge in [0.2, 0.25) is 0 Å². The molecule has 4 nitrogen and oxygen atoms in total. The zero-order valence-corrected chi connectivity index (χ0v) is 12.6. The number of piperidine rings is 1. The maximum Gasteiger partial charge on any atom is 0.252 e. The average Bonchev–Trinajstić information content (AvgIpc) is 2.52. The molecule has 0 bridgehead atoms. The van der Waals surface area contributed by atoms with E-state index in [1.165, 1.54) is 0 Å². The van der Waals surface area contributed by atoms with Gasteiger partial charge in [0.05, 0.1) is 12.1 Å². The number of nitrogens with zero attached hydrogens (tertiary/aromatic N) is 1. The summed E-state index contributed by atoms with van der Waals surface area (Å²) in [6.07, 6.45) is 2.29. The summed E-state index contributed by atoms with van der Waals surface area (Å²) in [5.41, 5.74) is 6.76.